The standard InChI is InChI=1S/C9H18N6O/c1-7(9(10)14-16)5-11-4-3-8-13-12-6-15(8)2/h6-7,11,16H,3-5H2,1-2H3,(H2,10,14). The van der Waals surface area contributed by atoms with E-state index in [1.807, 2.05) is 18.5 Å². The van der Waals surface area contributed by atoms with Gasteiger partial charge in [-0.1, -0.05) is 12.1 Å². The molecule has 0 saturated heterocycles. The van der Waals surface area contributed by atoms with Crippen LogP contribution in [0.4, 0.5) is 0 Å². The van der Waals surface area contributed by atoms with Gasteiger partial charge in [0.1, 0.15) is 18.0 Å². The summed E-state index contributed by atoms with van der Waals surface area (Å²) < 4.78 is 1.88. The molecular formula is C9H18N6O. The highest BCUT2D eigenvalue weighted by atomic mass is 16.4. The summed E-state index contributed by atoms with van der Waals surface area (Å²) in [4.78, 5) is 0. The van der Waals surface area contributed by atoms with Gasteiger partial charge in [0.25, 0.3) is 0 Å². The number of aromatic nitrogens is 3. The Balaban J connectivity index is 2.20. The number of hydrogen-bond acceptors (Lipinski definition) is 5. The Hall–Kier alpha value is -1.63. The third kappa shape index (κ3) is 3.50. The van der Waals surface area contributed by atoms with Crippen LogP contribution >= 0.6 is 0 Å². The van der Waals surface area contributed by atoms with Gasteiger partial charge in [0.15, 0.2) is 0 Å². The number of aryl methyl sites for hydroxylation is 1. The Labute approximate surface area is 94.3 Å². The second-order valence-corrected chi connectivity index (χ2v) is 3.74. The molecule has 1 heterocycles. The summed E-state index contributed by atoms with van der Waals surface area (Å²) in [5.41, 5.74) is 5.45. The Morgan fingerprint density at radius 3 is 3.06 bits per heavy atom. The second kappa shape index (κ2) is 6.06. The minimum absolute atomic E-state index is 0.0181. The van der Waals surface area contributed by atoms with E-state index in [0.29, 0.717) is 6.54 Å². The molecule has 0 aliphatic rings. The number of nitrogens with zero attached hydrogens (tertiary/aromatic N) is 4. The topological polar surface area (TPSA) is 101 Å². The normalized spacial score (nSPS) is 14.0. The zero-order valence-corrected chi connectivity index (χ0v) is 9.59. The first kappa shape index (κ1) is 12.4. The first-order chi connectivity index (χ1) is 7.65. The van der Waals surface area contributed by atoms with E-state index in [1.165, 1.54) is 0 Å². The molecule has 0 radical (unpaired) electrons. The van der Waals surface area contributed by atoms with Crippen molar-refractivity contribution in [1.82, 2.24) is 20.1 Å². The molecule has 1 rings (SSSR count). The van der Waals surface area contributed by atoms with Gasteiger partial charge in [0.05, 0.1) is 0 Å². The summed E-state index contributed by atoms with van der Waals surface area (Å²) in [6, 6.07) is 0. The van der Waals surface area contributed by atoms with Crippen LogP contribution in [-0.2, 0) is 13.5 Å². The Bertz CT molecular complexity index is 348. The van der Waals surface area contributed by atoms with E-state index in [4.69, 9.17) is 10.9 Å². The van der Waals surface area contributed by atoms with Gasteiger partial charge >= 0.3 is 0 Å². The van der Waals surface area contributed by atoms with Crippen LogP contribution in [0.5, 0.6) is 0 Å². The number of hydrogen-bond donors (Lipinski definition) is 3. The third-order valence-corrected chi connectivity index (χ3v) is 2.40. The number of oxime groups is 1. The van der Waals surface area contributed by atoms with Crippen molar-refractivity contribution < 1.29 is 5.21 Å². The van der Waals surface area contributed by atoms with Crippen molar-refractivity contribution in [2.75, 3.05) is 13.1 Å². The van der Waals surface area contributed by atoms with Crippen molar-refractivity contribution in [3.8, 4) is 0 Å². The van der Waals surface area contributed by atoms with Crippen LogP contribution in [0.2, 0.25) is 0 Å². The van der Waals surface area contributed by atoms with Crippen LogP contribution in [0, 0.1) is 5.92 Å². The second-order valence-electron chi connectivity index (χ2n) is 3.74. The van der Waals surface area contributed by atoms with Gasteiger partial charge in [0, 0.05) is 32.5 Å². The van der Waals surface area contributed by atoms with Crippen molar-refractivity contribution in [2.45, 2.75) is 13.3 Å². The number of rotatable bonds is 6. The maximum Gasteiger partial charge on any atom is 0.143 e. The lowest BCUT2D eigenvalue weighted by molar-refractivity contribution is 0.314. The summed E-state index contributed by atoms with van der Waals surface area (Å²) in [6.07, 6.45) is 2.48. The molecule has 0 saturated carbocycles. The summed E-state index contributed by atoms with van der Waals surface area (Å²) in [5, 5.41) is 22.4. The van der Waals surface area contributed by atoms with Crippen LogP contribution < -0.4 is 11.1 Å². The van der Waals surface area contributed by atoms with E-state index < -0.39 is 0 Å². The van der Waals surface area contributed by atoms with Crippen molar-refractivity contribution in [3.63, 3.8) is 0 Å². The largest absolute Gasteiger partial charge is 0.409 e. The maximum atomic E-state index is 8.46. The molecule has 0 bridgehead atoms. The van der Waals surface area contributed by atoms with E-state index in [9.17, 15) is 0 Å². The fourth-order valence-corrected chi connectivity index (χ4v) is 1.26. The van der Waals surface area contributed by atoms with Crippen molar-refractivity contribution in [2.24, 2.45) is 23.9 Å². The average molecular weight is 226 g/mol. The van der Waals surface area contributed by atoms with E-state index >= 15 is 0 Å². The van der Waals surface area contributed by atoms with Crippen LogP contribution in [0.15, 0.2) is 11.5 Å². The molecule has 1 atom stereocenters. The summed E-state index contributed by atoms with van der Waals surface area (Å²) in [7, 11) is 1.91. The number of amidine groups is 1. The molecule has 4 N–H and O–H groups in total. The molecule has 90 valence electrons. The molecule has 0 amide bonds. The predicted molar refractivity (Wildman–Crippen MR) is 60.1 cm³/mol. The van der Waals surface area contributed by atoms with Crippen LogP contribution in [-0.4, -0.2) is 38.9 Å². The summed E-state index contributed by atoms with van der Waals surface area (Å²) >= 11 is 0. The Morgan fingerprint density at radius 2 is 2.50 bits per heavy atom. The van der Waals surface area contributed by atoms with Crippen molar-refractivity contribution in [1.29, 1.82) is 0 Å². The van der Waals surface area contributed by atoms with E-state index in [-0.39, 0.29) is 11.8 Å². The molecule has 16 heavy (non-hydrogen) atoms. The van der Waals surface area contributed by atoms with Gasteiger partial charge in [0.2, 0.25) is 0 Å². The van der Waals surface area contributed by atoms with E-state index in [2.05, 4.69) is 20.7 Å². The van der Waals surface area contributed by atoms with Gasteiger partial charge in [-0.05, 0) is 0 Å². The molecule has 0 aromatic carbocycles. The quantitative estimate of drug-likeness (QED) is 0.196. The van der Waals surface area contributed by atoms with Gasteiger partial charge in [-0.2, -0.15) is 0 Å². The SMILES string of the molecule is CC(CNCCc1nncn1C)C(N)=NO. The highest BCUT2D eigenvalue weighted by Gasteiger charge is 2.06. The van der Waals surface area contributed by atoms with E-state index in [1.54, 1.807) is 6.33 Å². The molecule has 0 spiro atoms. The smallest absolute Gasteiger partial charge is 0.143 e. The van der Waals surface area contributed by atoms with Gasteiger partial charge < -0.3 is 20.8 Å². The van der Waals surface area contributed by atoms with Crippen molar-refractivity contribution >= 4 is 5.84 Å². The van der Waals surface area contributed by atoms with Crippen molar-refractivity contribution in [3.05, 3.63) is 12.2 Å². The van der Waals surface area contributed by atoms with E-state index in [0.717, 1.165) is 18.8 Å². The fourth-order valence-electron chi connectivity index (χ4n) is 1.26. The minimum Gasteiger partial charge on any atom is -0.409 e. The highest BCUT2D eigenvalue weighted by Crippen LogP contribution is 1.94. The molecular weight excluding hydrogens is 208 g/mol. The fraction of sp³-hybridized carbons (Fsp3) is 0.667. The molecule has 0 aliphatic carbocycles. The lowest BCUT2D eigenvalue weighted by atomic mass is 10.1. The molecule has 7 nitrogen and oxygen atoms in total. The summed E-state index contributed by atoms with van der Waals surface area (Å²) in [5.74, 6) is 1.19. The molecule has 1 unspecified atom stereocenters. The molecule has 0 aliphatic heterocycles. The van der Waals surface area contributed by atoms with Crippen LogP contribution in [0.1, 0.15) is 12.7 Å². The molecule has 0 fully saturated rings. The van der Waals surface area contributed by atoms with Gasteiger partial charge in [-0.3, -0.25) is 0 Å². The molecule has 7 heteroatoms. The Kier molecular flexibility index (Phi) is 4.71. The zero-order valence-electron chi connectivity index (χ0n) is 9.59. The molecule has 1 aromatic heterocycles. The lowest BCUT2D eigenvalue weighted by Crippen LogP contribution is -2.32. The Morgan fingerprint density at radius 1 is 1.75 bits per heavy atom. The van der Waals surface area contributed by atoms with Crippen LogP contribution in [0.25, 0.3) is 0 Å². The lowest BCUT2D eigenvalue weighted by Gasteiger charge is -2.10. The molecule has 1 aromatic rings. The third-order valence-electron chi connectivity index (χ3n) is 2.40. The average Bonchev–Trinajstić information content (AvgIpc) is 2.69. The zero-order chi connectivity index (χ0) is 12.0. The maximum absolute atomic E-state index is 8.46. The number of nitrogens with two attached hydrogens (primary N) is 1. The number of nitrogens with one attached hydrogen (secondary N) is 1. The minimum atomic E-state index is 0.0181. The summed E-state index contributed by atoms with van der Waals surface area (Å²) in [6.45, 7) is 3.35. The van der Waals surface area contributed by atoms with Crippen LogP contribution in [0.3, 0.4) is 0 Å². The predicted octanol–water partition coefficient (Wildman–Crippen LogP) is -0.670. The first-order valence-corrected chi connectivity index (χ1v) is 5.16. The monoisotopic (exact) mass is 226 g/mol. The van der Waals surface area contributed by atoms with Gasteiger partial charge in [-0.25, -0.2) is 0 Å². The first-order valence-electron chi connectivity index (χ1n) is 5.16. The van der Waals surface area contributed by atoms with Gasteiger partial charge in [-0.15, -0.1) is 10.2 Å². The highest BCUT2D eigenvalue weighted by molar-refractivity contribution is 5.82.